The summed E-state index contributed by atoms with van der Waals surface area (Å²) in [7, 11) is -3.85. The third-order valence-electron chi connectivity index (χ3n) is 4.83. The molecule has 0 atom stereocenters. The topological polar surface area (TPSA) is 68.6 Å². The maximum Gasteiger partial charge on any atom is 0.242 e. The van der Waals surface area contributed by atoms with Gasteiger partial charge in [0.1, 0.15) is 12.4 Å². The largest absolute Gasteiger partial charge is 0.378 e. The van der Waals surface area contributed by atoms with Gasteiger partial charge < -0.3 is 14.2 Å². The quantitative estimate of drug-likeness (QED) is 0.629. The Morgan fingerprint density at radius 1 is 1.04 bits per heavy atom. The van der Waals surface area contributed by atoms with Crippen LogP contribution >= 0.6 is 0 Å². The van der Waals surface area contributed by atoms with Crippen molar-refractivity contribution in [1.82, 2.24) is 9.47 Å². The van der Waals surface area contributed by atoms with Gasteiger partial charge in [0.25, 0.3) is 0 Å². The number of ether oxygens (including phenoxy) is 1. The minimum Gasteiger partial charge on any atom is -0.378 e. The Morgan fingerprint density at radius 2 is 1.71 bits per heavy atom. The fourth-order valence-corrected chi connectivity index (χ4v) is 4.83. The average molecular weight is 402 g/mol. The summed E-state index contributed by atoms with van der Waals surface area (Å²) in [5.41, 5.74) is 0.657. The van der Waals surface area contributed by atoms with Gasteiger partial charge in [-0.25, -0.2) is 12.8 Å². The maximum atomic E-state index is 13.2. The Hall–Kier alpha value is -2.71. The molecule has 0 unspecified atom stereocenters. The normalized spacial score (nSPS) is 15.1. The van der Waals surface area contributed by atoms with Crippen LogP contribution in [0.2, 0.25) is 0 Å². The molecule has 0 radical (unpaired) electrons. The maximum absolute atomic E-state index is 13.2. The zero-order valence-corrected chi connectivity index (χ0v) is 15.9. The van der Waals surface area contributed by atoms with E-state index in [0.29, 0.717) is 37.2 Å². The minimum atomic E-state index is -3.85. The fourth-order valence-electron chi connectivity index (χ4n) is 3.36. The number of nitrogens with zero attached hydrogens (tertiary/aromatic N) is 2. The van der Waals surface area contributed by atoms with Gasteiger partial charge in [0.2, 0.25) is 15.7 Å². The zero-order valence-electron chi connectivity index (χ0n) is 15.0. The van der Waals surface area contributed by atoms with Crippen LogP contribution in [-0.2, 0) is 25.9 Å². The summed E-state index contributed by atoms with van der Waals surface area (Å²) in [5.74, 6) is -0.590. The highest BCUT2D eigenvalue weighted by molar-refractivity contribution is 7.91. The molecule has 0 bridgehead atoms. The van der Waals surface area contributed by atoms with Crippen molar-refractivity contribution in [2.45, 2.75) is 16.3 Å². The molecule has 0 aliphatic carbocycles. The SMILES string of the molecule is O=C(Cn1cc(S(=O)(=O)c2ccc(F)cc2)c2ccccc21)N1CCOCC1. The van der Waals surface area contributed by atoms with Crippen molar-refractivity contribution in [2.75, 3.05) is 26.3 Å². The van der Waals surface area contributed by atoms with Gasteiger partial charge in [0, 0.05) is 30.2 Å². The molecule has 146 valence electrons. The van der Waals surface area contributed by atoms with E-state index in [0.717, 1.165) is 12.1 Å². The van der Waals surface area contributed by atoms with Crippen LogP contribution in [0.3, 0.4) is 0 Å². The van der Waals surface area contributed by atoms with E-state index < -0.39 is 15.7 Å². The molecule has 1 saturated heterocycles. The summed E-state index contributed by atoms with van der Waals surface area (Å²) in [6.45, 7) is 2.10. The van der Waals surface area contributed by atoms with Crippen LogP contribution in [0.15, 0.2) is 64.5 Å². The molecule has 1 amide bonds. The molecule has 2 aromatic carbocycles. The van der Waals surface area contributed by atoms with Gasteiger partial charge in [-0.1, -0.05) is 18.2 Å². The number of amides is 1. The number of halogens is 1. The van der Waals surface area contributed by atoms with Crippen molar-refractivity contribution in [3.05, 3.63) is 60.5 Å². The highest BCUT2D eigenvalue weighted by Gasteiger charge is 2.25. The van der Waals surface area contributed by atoms with Crippen LogP contribution in [0, 0.1) is 5.82 Å². The van der Waals surface area contributed by atoms with E-state index in [4.69, 9.17) is 4.74 Å². The average Bonchev–Trinajstić information content (AvgIpc) is 3.08. The monoisotopic (exact) mass is 402 g/mol. The number of sulfone groups is 1. The lowest BCUT2D eigenvalue weighted by molar-refractivity contribution is -0.135. The first kappa shape index (κ1) is 18.6. The van der Waals surface area contributed by atoms with Crippen LogP contribution in [0.25, 0.3) is 10.9 Å². The van der Waals surface area contributed by atoms with E-state index in [9.17, 15) is 17.6 Å². The van der Waals surface area contributed by atoms with E-state index >= 15 is 0 Å². The molecule has 3 aromatic rings. The number of morpholine rings is 1. The Kier molecular flexibility index (Phi) is 4.91. The summed E-state index contributed by atoms with van der Waals surface area (Å²) < 4.78 is 46.4. The number of para-hydroxylation sites is 1. The lowest BCUT2D eigenvalue weighted by Gasteiger charge is -2.27. The Bertz CT molecular complexity index is 1120. The van der Waals surface area contributed by atoms with Gasteiger partial charge in [-0.15, -0.1) is 0 Å². The number of carbonyl (C=O) groups excluding carboxylic acids is 1. The van der Waals surface area contributed by atoms with E-state index in [1.165, 1.54) is 18.3 Å². The van der Waals surface area contributed by atoms with Crippen LogP contribution in [0.1, 0.15) is 0 Å². The third kappa shape index (κ3) is 3.41. The van der Waals surface area contributed by atoms with Crippen molar-refractivity contribution in [3.8, 4) is 0 Å². The Labute approximate surface area is 162 Å². The minimum absolute atomic E-state index is 0.0105. The molecule has 1 fully saturated rings. The van der Waals surface area contributed by atoms with Gasteiger partial charge >= 0.3 is 0 Å². The second-order valence-corrected chi connectivity index (χ2v) is 8.51. The molecule has 1 aromatic heterocycles. The third-order valence-corrected chi connectivity index (χ3v) is 6.63. The van der Waals surface area contributed by atoms with Crippen LogP contribution in [0.5, 0.6) is 0 Å². The van der Waals surface area contributed by atoms with Crippen LogP contribution in [-0.4, -0.2) is 50.1 Å². The van der Waals surface area contributed by atoms with Gasteiger partial charge in [-0.3, -0.25) is 4.79 Å². The highest BCUT2D eigenvalue weighted by Crippen LogP contribution is 2.30. The van der Waals surface area contributed by atoms with E-state index in [1.807, 2.05) is 0 Å². The van der Waals surface area contributed by atoms with Gasteiger partial charge in [-0.05, 0) is 30.3 Å². The summed E-state index contributed by atoms with van der Waals surface area (Å²) in [4.78, 5) is 14.5. The lowest BCUT2D eigenvalue weighted by atomic mass is 10.2. The number of carbonyl (C=O) groups is 1. The predicted molar refractivity (Wildman–Crippen MR) is 101 cm³/mol. The molecule has 0 saturated carbocycles. The molecule has 0 spiro atoms. The second kappa shape index (κ2) is 7.37. The Morgan fingerprint density at radius 3 is 2.43 bits per heavy atom. The molecule has 1 aliphatic rings. The zero-order chi connectivity index (χ0) is 19.7. The molecule has 6 nitrogen and oxygen atoms in total. The van der Waals surface area contributed by atoms with Gasteiger partial charge in [0.05, 0.1) is 23.0 Å². The van der Waals surface area contributed by atoms with Crippen molar-refractivity contribution < 1.29 is 22.3 Å². The van der Waals surface area contributed by atoms with Crippen LogP contribution < -0.4 is 0 Å². The number of hydrogen-bond acceptors (Lipinski definition) is 4. The Balaban J connectivity index is 1.74. The number of hydrogen-bond donors (Lipinski definition) is 0. The molecular formula is C20H19FN2O4S. The number of benzene rings is 2. The molecule has 4 rings (SSSR count). The first-order chi connectivity index (χ1) is 13.5. The smallest absolute Gasteiger partial charge is 0.242 e. The molecular weight excluding hydrogens is 383 g/mol. The van der Waals surface area contributed by atoms with Crippen molar-refractivity contribution in [2.24, 2.45) is 0 Å². The lowest BCUT2D eigenvalue weighted by Crippen LogP contribution is -2.42. The number of aromatic nitrogens is 1. The standard InChI is InChI=1S/C20H19FN2O4S/c21-15-5-7-16(8-6-15)28(25,26)19-13-23(18-4-2-1-3-17(18)19)14-20(24)22-9-11-27-12-10-22/h1-8,13H,9-12,14H2. The molecule has 0 N–H and O–H groups in total. The van der Waals surface area contributed by atoms with Gasteiger partial charge in [0.15, 0.2) is 0 Å². The summed E-state index contributed by atoms with van der Waals surface area (Å²) in [5, 5.41) is 0.529. The second-order valence-electron chi connectivity index (χ2n) is 6.59. The molecule has 2 heterocycles. The number of fused-ring (bicyclic) bond motifs is 1. The van der Waals surface area contributed by atoms with E-state index in [2.05, 4.69) is 0 Å². The van der Waals surface area contributed by atoms with E-state index in [-0.39, 0.29) is 22.2 Å². The van der Waals surface area contributed by atoms with Crippen LogP contribution in [0.4, 0.5) is 4.39 Å². The van der Waals surface area contributed by atoms with Crippen molar-refractivity contribution in [1.29, 1.82) is 0 Å². The van der Waals surface area contributed by atoms with Crippen molar-refractivity contribution in [3.63, 3.8) is 0 Å². The number of rotatable bonds is 4. The highest BCUT2D eigenvalue weighted by atomic mass is 32.2. The van der Waals surface area contributed by atoms with E-state index in [1.54, 1.807) is 33.7 Å². The summed E-state index contributed by atoms with van der Waals surface area (Å²) >= 11 is 0. The molecule has 8 heteroatoms. The molecule has 28 heavy (non-hydrogen) atoms. The van der Waals surface area contributed by atoms with Gasteiger partial charge in [-0.2, -0.15) is 0 Å². The molecule has 1 aliphatic heterocycles. The first-order valence-corrected chi connectivity index (χ1v) is 10.4. The fraction of sp³-hybridized carbons (Fsp3) is 0.250. The first-order valence-electron chi connectivity index (χ1n) is 8.91. The summed E-state index contributed by atoms with van der Waals surface area (Å²) in [6, 6.07) is 11.8. The van der Waals surface area contributed by atoms with Crippen molar-refractivity contribution >= 4 is 26.6 Å². The summed E-state index contributed by atoms with van der Waals surface area (Å²) in [6.07, 6.45) is 1.49. The predicted octanol–water partition coefficient (Wildman–Crippen LogP) is 2.47.